The van der Waals surface area contributed by atoms with Crippen LogP contribution in [0.3, 0.4) is 0 Å². The summed E-state index contributed by atoms with van der Waals surface area (Å²) in [5.74, 6) is 0.244. The predicted octanol–water partition coefficient (Wildman–Crippen LogP) is 3.08. The molecule has 3 heteroatoms. The van der Waals surface area contributed by atoms with E-state index in [9.17, 15) is 0 Å². The molecule has 0 atom stereocenters. The first-order chi connectivity index (χ1) is 7.29. The quantitative estimate of drug-likeness (QED) is 0.727. The standard InChI is InChI=1S/C12H13ClN2/c13-11-1-3-12(4-2-11)15-7-5-10(9-14)6-8-15/h1-4,10H,5-8H2. The number of rotatable bonds is 1. The number of halogens is 1. The van der Waals surface area contributed by atoms with Crippen molar-refractivity contribution in [2.24, 2.45) is 5.92 Å². The van der Waals surface area contributed by atoms with E-state index in [-0.39, 0.29) is 5.92 Å². The van der Waals surface area contributed by atoms with Crippen LogP contribution in [0.15, 0.2) is 24.3 Å². The summed E-state index contributed by atoms with van der Waals surface area (Å²) in [5.41, 5.74) is 1.20. The number of nitrogens with zero attached hydrogens (tertiary/aromatic N) is 2. The Morgan fingerprint density at radius 1 is 1.20 bits per heavy atom. The van der Waals surface area contributed by atoms with Gasteiger partial charge in [-0.3, -0.25) is 0 Å². The SMILES string of the molecule is N#CC1CCN(c2ccc(Cl)cc2)CC1. The summed E-state index contributed by atoms with van der Waals surface area (Å²) < 4.78 is 0. The molecule has 1 heterocycles. The van der Waals surface area contributed by atoms with Gasteiger partial charge in [-0.25, -0.2) is 0 Å². The average Bonchev–Trinajstić information content (AvgIpc) is 2.30. The monoisotopic (exact) mass is 220 g/mol. The van der Waals surface area contributed by atoms with Gasteiger partial charge in [-0.05, 0) is 37.1 Å². The van der Waals surface area contributed by atoms with Crippen LogP contribution in [0.4, 0.5) is 5.69 Å². The average molecular weight is 221 g/mol. The van der Waals surface area contributed by atoms with Crippen LogP contribution in [-0.4, -0.2) is 13.1 Å². The minimum atomic E-state index is 0.244. The second-order valence-corrected chi connectivity index (χ2v) is 4.30. The number of benzene rings is 1. The highest BCUT2D eigenvalue weighted by Gasteiger charge is 2.18. The summed E-state index contributed by atoms with van der Waals surface area (Å²) in [6.45, 7) is 1.94. The van der Waals surface area contributed by atoms with Gasteiger partial charge in [-0.15, -0.1) is 0 Å². The van der Waals surface area contributed by atoms with Crippen molar-refractivity contribution in [1.82, 2.24) is 0 Å². The van der Waals surface area contributed by atoms with E-state index in [0.29, 0.717) is 0 Å². The van der Waals surface area contributed by atoms with Gasteiger partial charge in [-0.1, -0.05) is 11.6 Å². The van der Waals surface area contributed by atoms with Crippen LogP contribution < -0.4 is 4.90 Å². The molecule has 2 rings (SSSR count). The zero-order chi connectivity index (χ0) is 10.7. The van der Waals surface area contributed by atoms with Gasteiger partial charge in [0.15, 0.2) is 0 Å². The van der Waals surface area contributed by atoms with Crippen molar-refractivity contribution in [2.45, 2.75) is 12.8 Å². The third-order valence-electron chi connectivity index (χ3n) is 2.87. The second-order valence-electron chi connectivity index (χ2n) is 3.87. The lowest BCUT2D eigenvalue weighted by molar-refractivity contribution is 0.488. The number of nitriles is 1. The van der Waals surface area contributed by atoms with Crippen molar-refractivity contribution in [2.75, 3.05) is 18.0 Å². The molecule has 1 saturated heterocycles. The van der Waals surface area contributed by atoms with Gasteiger partial charge >= 0.3 is 0 Å². The largest absolute Gasteiger partial charge is 0.371 e. The highest BCUT2D eigenvalue weighted by Crippen LogP contribution is 2.23. The Labute approximate surface area is 95.1 Å². The zero-order valence-corrected chi connectivity index (χ0v) is 9.24. The molecule has 2 nitrogen and oxygen atoms in total. The van der Waals surface area contributed by atoms with Gasteiger partial charge in [-0.2, -0.15) is 5.26 Å². The molecule has 0 bridgehead atoms. The minimum absolute atomic E-state index is 0.244. The molecule has 0 aliphatic carbocycles. The van der Waals surface area contributed by atoms with E-state index in [4.69, 9.17) is 16.9 Å². The molecular formula is C12H13ClN2. The zero-order valence-electron chi connectivity index (χ0n) is 8.49. The summed E-state index contributed by atoms with van der Waals surface area (Å²) in [4.78, 5) is 2.31. The fraction of sp³-hybridized carbons (Fsp3) is 0.417. The van der Waals surface area contributed by atoms with Gasteiger partial charge in [0.05, 0.1) is 6.07 Å². The summed E-state index contributed by atoms with van der Waals surface area (Å²) in [5, 5.41) is 9.57. The lowest BCUT2D eigenvalue weighted by Gasteiger charge is -2.31. The van der Waals surface area contributed by atoms with Crippen molar-refractivity contribution in [1.29, 1.82) is 5.26 Å². The summed E-state index contributed by atoms with van der Waals surface area (Å²) >= 11 is 5.83. The molecule has 0 unspecified atom stereocenters. The van der Waals surface area contributed by atoms with Crippen LogP contribution in [0.1, 0.15) is 12.8 Å². The summed E-state index contributed by atoms with van der Waals surface area (Å²) in [7, 11) is 0. The highest BCUT2D eigenvalue weighted by molar-refractivity contribution is 6.30. The fourth-order valence-corrected chi connectivity index (χ4v) is 2.04. The molecule has 15 heavy (non-hydrogen) atoms. The van der Waals surface area contributed by atoms with E-state index in [0.717, 1.165) is 31.0 Å². The van der Waals surface area contributed by atoms with Crippen LogP contribution in [-0.2, 0) is 0 Å². The summed E-state index contributed by atoms with van der Waals surface area (Å²) in [6.07, 6.45) is 1.94. The van der Waals surface area contributed by atoms with Crippen molar-refractivity contribution >= 4 is 17.3 Å². The Morgan fingerprint density at radius 3 is 2.33 bits per heavy atom. The first kappa shape index (κ1) is 10.3. The highest BCUT2D eigenvalue weighted by atomic mass is 35.5. The van der Waals surface area contributed by atoms with E-state index in [1.165, 1.54) is 5.69 Å². The molecule has 78 valence electrons. The molecule has 0 saturated carbocycles. The van der Waals surface area contributed by atoms with Gasteiger partial charge in [0, 0.05) is 29.7 Å². The fourth-order valence-electron chi connectivity index (χ4n) is 1.92. The van der Waals surface area contributed by atoms with Crippen molar-refractivity contribution < 1.29 is 0 Å². The molecule has 1 aromatic carbocycles. The Hall–Kier alpha value is -1.20. The molecule has 0 radical (unpaired) electrons. The molecule has 0 spiro atoms. The molecule has 1 aliphatic heterocycles. The van der Waals surface area contributed by atoms with Crippen molar-refractivity contribution in [3.63, 3.8) is 0 Å². The van der Waals surface area contributed by atoms with E-state index >= 15 is 0 Å². The van der Waals surface area contributed by atoms with E-state index in [2.05, 4.69) is 11.0 Å². The molecular weight excluding hydrogens is 208 g/mol. The van der Waals surface area contributed by atoms with Crippen LogP contribution >= 0.6 is 11.6 Å². The maximum absolute atomic E-state index is 8.80. The Bertz CT molecular complexity index is 358. The molecule has 0 amide bonds. The Kier molecular flexibility index (Phi) is 3.13. The van der Waals surface area contributed by atoms with E-state index in [1.54, 1.807) is 0 Å². The van der Waals surface area contributed by atoms with Crippen molar-refractivity contribution in [3.05, 3.63) is 29.3 Å². The lowest BCUT2D eigenvalue weighted by Crippen LogP contribution is -2.33. The molecule has 1 aromatic rings. The lowest BCUT2D eigenvalue weighted by atomic mass is 9.98. The number of piperidine rings is 1. The van der Waals surface area contributed by atoms with Crippen LogP contribution in [0.5, 0.6) is 0 Å². The summed E-state index contributed by atoms with van der Waals surface area (Å²) in [6, 6.07) is 10.2. The maximum atomic E-state index is 8.80. The maximum Gasteiger partial charge on any atom is 0.0657 e. The van der Waals surface area contributed by atoms with Gasteiger partial charge in [0.2, 0.25) is 0 Å². The number of hydrogen-bond donors (Lipinski definition) is 0. The number of anilines is 1. The van der Waals surface area contributed by atoms with Gasteiger partial charge < -0.3 is 4.90 Å². The third-order valence-corrected chi connectivity index (χ3v) is 3.12. The molecule has 0 N–H and O–H groups in total. The topological polar surface area (TPSA) is 27.0 Å². The van der Waals surface area contributed by atoms with Crippen LogP contribution in [0, 0.1) is 17.2 Å². The first-order valence-electron chi connectivity index (χ1n) is 5.20. The minimum Gasteiger partial charge on any atom is -0.371 e. The predicted molar refractivity (Wildman–Crippen MR) is 62.0 cm³/mol. The Morgan fingerprint density at radius 2 is 1.80 bits per heavy atom. The smallest absolute Gasteiger partial charge is 0.0657 e. The number of hydrogen-bond acceptors (Lipinski definition) is 2. The Balaban J connectivity index is 2.02. The molecule has 1 aliphatic rings. The molecule has 1 fully saturated rings. The first-order valence-corrected chi connectivity index (χ1v) is 5.57. The molecule has 0 aromatic heterocycles. The van der Waals surface area contributed by atoms with E-state index in [1.807, 2.05) is 24.3 Å². The van der Waals surface area contributed by atoms with Gasteiger partial charge in [0.1, 0.15) is 0 Å². The van der Waals surface area contributed by atoms with Crippen LogP contribution in [0.25, 0.3) is 0 Å². The van der Waals surface area contributed by atoms with Crippen molar-refractivity contribution in [3.8, 4) is 6.07 Å². The van der Waals surface area contributed by atoms with E-state index < -0.39 is 0 Å². The van der Waals surface area contributed by atoms with Gasteiger partial charge in [0.25, 0.3) is 0 Å². The normalized spacial score (nSPS) is 17.5. The third kappa shape index (κ3) is 2.43. The van der Waals surface area contributed by atoms with Crippen LogP contribution in [0.2, 0.25) is 5.02 Å². The second kappa shape index (κ2) is 4.55.